The van der Waals surface area contributed by atoms with Gasteiger partial charge in [-0.25, -0.2) is 4.79 Å². The second kappa shape index (κ2) is 4.49. The SMILES string of the molecule is COc1ccc2c(c1)O[C@H](C(F)(F)F)C(C(=O)O)=C2. The fourth-order valence-corrected chi connectivity index (χ4v) is 1.71. The van der Waals surface area contributed by atoms with Crippen LogP contribution in [0, 0.1) is 0 Å². The van der Waals surface area contributed by atoms with Crippen molar-refractivity contribution >= 4 is 12.0 Å². The highest BCUT2D eigenvalue weighted by molar-refractivity contribution is 5.95. The van der Waals surface area contributed by atoms with Gasteiger partial charge in [-0.15, -0.1) is 0 Å². The Bertz CT molecular complexity index is 548. The molecule has 0 aliphatic carbocycles. The van der Waals surface area contributed by atoms with E-state index in [-0.39, 0.29) is 11.3 Å². The Hall–Kier alpha value is -2.18. The number of hydrogen-bond donors (Lipinski definition) is 1. The summed E-state index contributed by atoms with van der Waals surface area (Å²) >= 11 is 0. The molecule has 19 heavy (non-hydrogen) atoms. The van der Waals surface area contributed by atoms with Crippen LogP contribution in [0.3, 0.4) is 0 Å². The predicted octanol–water partition coefficient (Wildman–Crippen LogP) is 2.49. The molecule has 0 saturated carbocycles. The summed E-state index contributed by atoms with van der Waals surface area (Å²) in [6, 6.07) is 4.22. The largest absolute Gasteiger partial charge is 0.497 e. The number of ether oxygens (including phenoxy) is 2. The van der Waals surface area contributed by atoms with E-state index in [0.29, 0.717) is 5.75 Å². The zero-order valence-electron chi connectivity index (χ0n) is 9.69. The second-order valence-corrected chi connectivity index (χ2v) is 3.85. The topological polar surface area (TPSA) is 55.8 Å². The van der Waals surface area contributed by atoms with E-state index in [0.717, 1.165) is 6.08 Å². The number of hydrogen-bond acceptors (Lipinski definition) is 3. The average molecular weight is 274 g/mol. The molecule has 0 aromatic heterocycles. The molecule has 0 fully saturated rings. The van der Waals surface area contributed by atoms with Gasteiger partial charge in [0, 0.05) is 11.6 Å². The lowest BCUT2D eigenvalue weighted by Gasteiger charge is -2.27. The molecule has 1 N–H and O–H groups in total. The van der Waals surface area contributed by atoms with Crippen LogP contribution in [0.25, 0.3) is 6.08 Å². The maximum atomic E-state index is 12.8. The van der Waals surface area contributed by atoms with E-state index in [1.165, 1.54) is 25.3 Å². The first kappa shape index (κ1) is 13.3. The molecule has 1 aliphatic rings. The summed E-state index contributed by atoms with van der Waals surface area (Å²) in [5.41, 5.74) is -0.580. The Kier molecular flexibility index (Phi) is 3.13. The van der Waals surface area contributed by atoms with Crippen LogP contribution in [0.15, 0.2) is 23.8 Å². The first-order valence-electron chi connectivity index (χ1n) is 5.19. The van der Waals surface area contributed by atoms with Gasteiger partial charge in [0.15, 0.2) is 0 Å². The minimum absolute atomic E-state index is 0.0633. The minimum atomic E-state index is -4.80. The van der Waals surface area contributed by atoms with Crippen LogP contribution < -0.4 is 9.47 Å². The number of carbonyl (C=O) groups is 1. The molecule has 1 atom stereocenters. The highest BCUT2D eigenvalue weighted by Crippen LogP contribution is 2.38. The maximum Gasteiger partial charge on any atom is 0.430 e. The number of alkyl halides is 3. The maximum absolute atomic E-state index is 12.8. The molecule has 1 aromatic carbocycles. The Labute approximate surface area is 106 Å². The van der Waals surface area contributed by atoms with Gasteiger partial charge in [-0.3, -0.25) is 0 Å². The summed E-state index contributed by atoms with van der Waals surface area (Å²) in [6.07, 6.45) is -6.33. The monoisotopic (exact) mass is 274 g/mol. The van der Waals surface area contributed by atoms with E-state index in [1.807, 2.05) is 0 Å². The van der Waals surface area contributed by atoms with Gasteiger partial charge in [0.1, 0.15) is 11.5 Å². The smallest absolute Gasteiger partial charge is 0.430 e. The van der Waals surface area contributed by atoms with Crippen molar-refractivity contribution in [2.75, 3.05) is 7.11 Å². The van der Waals surface area contributed by atoms with Crippen molar-refractivity contribution in [2.45, 2.75) is 12.3 Å². The summed E-state index contributed by atoms with van der Waals surface area (Å²) < 4.78 is 47.9. The number of carboxylic acids is 1. The van der Waals surface area contributed by atoms with Crippen LogP contribution in [0.2, 0.25) is 0 Å². The zero-order valence-corrected chi connectivity index (χ0v) is 9.69. The Morgan fingerprint density at radius 1 is 1.42 bits per heavy atom. The molecule has 0 radical (unpaired) electrons. The summed E-state index contributed by atoms with van der Waals surface area (Å²) in [5.74, 6) is -1.40. The van der Waals surface area contributed by atoms with Crippen LogP contribution in [0.5, 0.6) is 11.5 Å². The van der Waals surface area contributed by atoms with Crippen LogP contribution in [-0.4, -0.2) is 30.5 Å². The number of aliphatic carboxylic acids is 1. The van der Waals surface area contributed by atoms with E-state index in [9.17, 15) is 18.0 Å². The van der Waals surface area contributed by atoms with Crippen molar-refractivity contribution < 1.29 is 32.5 Å². The van der Waals surface area contributed by atoms with E-state index >= 15 is 0 Å². The number of methoxy groups -OCH3 is 1. The molecule has 0 amide bonds. The molecule has 2 rings (SSSR count). The van der Waals surface area contributed by atoms with Crippen LogP contribution in [-0.2, 0) is 4.79 Å². The molecular weight excluding hydrogens is 265 g/mol. The Balaban J connectivity index is 2.51. The highest BCUT2D eigenvalue weighted by Gasteiger charge is 2.48. The van der Waals surface area contributed by atoms with Crippen molar-refractivity contribution in [1.29, 1.82) is 0 Å². The molecule has 1 heterocycles. The first-order valence-corrected chi connectivity index (χ1v) is 5.19. The molecule has 1 aliphatic heterocycles. The third-order valence-corrected chi connectivity index (χ3v) is 2.60. The zero-order chi connectivity index (χ0) is 14.2. The first-order chi connectivity index (χ1) is 8.82. The van der Waals surface area contributed by atoms with E-state index in [4.69, 9.17) is 14.6 Å². The number of rotatable bonds is 2. The van der Waals surface area contributed by atoms with Gasteiger partial charge in [0.25, 0.3) is 0 Å². The Morgan fingerprint density at radius 3 is 2.63 bits per heavy atom. The summed E-state index contributed by atoms with van der Waals surface area (Å²) in [6.45, 7) is 0. The van der Waals surface area contributed by atoms with Crippen LogP contribution >= 0.6 is 0 Å². The lowest BCUT2D eigenvalue weighted by molar-refractivity contribution is -0.187. The molecular formula is C12H9F3O4. The summed E-state index contributed by atoms with van der Waals surface area (Å²) in [7, 11) is 1.37. The van der Waals surface area contributed by atoms with E-state index in [2.05, 4.69) is 0 Å². The second-order valence-electron chi connectivity index (χ2n) is 3.85. The van der Waals surface area contributed by atoms with Crippen molar-refractivity contribution in [3.8, 4) is 11.5 Å². The van der Waals surface area contributed by atoms with Gasteiger partial charge in [-0.1, -0.05) is 0 Å². The van der Waals surface area contributed by atoms with Crippen molar-refractivity contribution in [2.24, 2.45) is 0 Å². The van der Waals surface area contributed by atoms with Crippen LogP contribution in [0.4, 0.5) is 13.2 Å². The molecule has 0 unspecified atom stereocenters. The summed E-state index contributed by atoms with van der Waals surface area (Å²) in [4.78, 5) is 10.9. The molecule has 0 spiro atoms. The number of fused-ring (bicyclic) bond motifs is 1. The molecule has 4 nitrogen and oxygen atoms in total. The third kappa shape index (κ3) is 2.49. The average Bonchev–Trinajstić information content (AvgIpc) is 2.35. The lowest BCUT2D eigenvalue weighted by atomic mass is 10.0. The fourth-order valence-electron chi connectivity index (χ4n) is 1.71. The van der Waals surface area contributed by atoms with Crippen molar-refractivity contribution in [1.82, 2.24) is 0 Å². The van der Waals surface area contributed by atoms with Gasteiger partial charge < -0.3 is 14.6 Å². The van der Waals surface area contributed by atoms with Crippen LogP contribution in [0.1, 0.15) is 5.56 Å². The van der Waals surface area contributed by atoms with E-state index < -0.39 is 23.8 Å². The van der Waals surface area contributed by atoms with Crippen molar-refractivity contribution in [3.05, 3.63) is 29.3 Å². The standard InChI is InChI=1S/C12H9F3O4/c1-18-7-3-2-6-4-8(11(16)17)10(12(13,14)15)19-9(6)5-7/h2-5,10H,1H3,(H,16,17)/t10-/m0/s1. The van der Waals surface area contributed by atoms with Crippen molar-refractivity contribution in [3.63, 3.8) is 0 Å². The van der Waals surface area contributed by atoms with Gasteiger partial charge in [0.2, 0.25) is 6.10 Å². The number of carboxylic acid groups (broad SMARTS) is 1. The van der Waals surface area contributed by atoms with Gasteiger partial charge in [-0.05, 0) is 18.2 Å². The lowest BCUT2D eigenvalue weighted by Crippen LogP contribution is -2.40. The molecule has 7 heteroatoms. The molecule has 1 aromatic rings. The van der Waals surface area contributed by atoms with E-state index in [1.54, 1.807) is 0 Å². The minimum Gasteiger partial charge on any atom is -0.497 e. The predicted molar refractivity (Wildman–Crippen MR) is 59.1 cm³/mol. The molecule has 0 saturated heterocycles. The van der Waals surface area contributed by atoms with Gasteiger partial charge in [0.05, 0.1) is 12.7 Å². The molecule has 0 bridgehead atoms. The molecule has 102 valence electrons. The van der Waals surface area contributed by atoms with Gasteiger partial charge >= 0.3 is 12.1 Å². The fraction of sp³-hybridized carbons (Fsp3) is 0.250. The van der Waals surface area contributed by atoms with Gasteiger partial charge in [-0.2, -0.15) is 13.2 Å². The highest BCUT2D eigenvalue weighted by atomic mass is 19.4. The third-order valence-electron chi connectivity index (χ3n) is 2.60. The number of benzene rings is 1. The quantitative estimate of drug-likeness (QED) is 0.900. The number of halogens is 3. The summed E-state index contributed by atoms with van der Waals surface area (Å²) in [5, 5.41) is 8.83. The normalized spacial score (nSPS) is 18.1. The Morgan fingerprint density at radius 2 is 2.11 bits per heavy atom.